The molecule has 0 atom stereocenters. The molecule has 4 nitrogen and oxygen atoms in total. The second kappa shape index (κ2) is 4.10. The second-order valence-corrected chi connectivity index (χ2v) is 3.77. The van der Waals surface area contributed by atoms with Gasteiger partial charge in [-0.25, -0.2) is 14.4 Å². The van der Waals surface area contributed by atoms with Crippen molar-refractivity contribution in [2.45, 2.75) is 0 Å². The van der Waals surface area contributed by atoms with Crippen molar-refractivity contribution >= 4 is 5.78 Å². The van der Waals surface area contributed by atoms with Gasteiger partial charge in [0.2, 0.25) is 5.78 Å². The molecule has 0 fully saturated rings. The SMILES string of the molecule is COc1cccc(F)c1-c1cn2cccnc2n1. The largest absolute Gasteiger partial charge is 0.496 e. The number of hydrogen-bond acceptors (Lipinski definition) is 3. The second-order valence-electron chi connectivity index (χ2n) is 3.77. The first kappa shape index (κ1) is 10.7. The lowest BCUT2D eigenvalue weighted by molar-refractivity contribution is 0.413. The van der Waals surface area contributed by atoms with Crippen LogP contribution in [-0.4, -0.2) is 21.5 Å². The highest BCUT2D eigenvalue weighted by atomic mass is 19.1. The molecule has 0 radical (unpaired) electrons. The summed E-state index contributed by atoms with van der Waals surface area (Å²) in [7, 11) is 1.51. The van der Waals surface area contributed by atoms with E-state index in [1.54, 1.807) is 35.0 Å². The Bertz CT molecular complexity index is 675. The fourth-order valence-electron chi connectivity index (χ4n) is 1.87. The summed E-state index contributed by atoms with van der Waals surface area (Å²) in [5.74, 6) is 0.619. The normalized spacial score (nSPS) is 10.8. The Morgan fingerprint density at radius 3 is 2.94 bits per heavy atom. The van der Waals surface area contributed by atoms with Crippen molar-refractivity contribution in [2.24, 2.45) is 0 Å². The van der Waals surface area contributed by atoms with Gasteiger partial charge in [0, 0.05) is 18.6 Å². The summed E-state index contributed by atoms with van der Waals surface area (Å²) >= 11 is 0. The summed E-state index contributed by atoms with van der Waals surface area (Å²) in [5.41, 5.74) is 0.856. The third-order valence-corrected chi connectivity index (χ3v) is 2.69. The monoisotopic (exact) mass is 243 g/mol. The van der Waals surface area contributed by atoms with Gasteiger partial charge in [0.1, 0.15) is 11.6 Å². The van der Waals surface area contributed by atoms with Gasteiger partial charge >= 0.3 is 0 Å². The van der Waals surface area contributed by atoms with Crippen LogP contribution in [0.5, 0.6) is 5.75 Å². The molecule has 2 heterocycles. The lowest BCUT2D eigenvalue weighted by Crippen LogP contribution is -1.91. The van der Waals surface area contributed by atoms with Crippen molar-refractivity contribution in [3.8, 4) is 17.0 Å². The van der Waals surface area contributed by atoms with E-state index in [1.165, 1.54) is 13.2 Å². The summed E-state index contributed by atoms with van der Waals surface area (Å²) in [6, 6.07) is 6.48. The Labute approximate surface area is 103 Å². The van der Waals surface area contributed by atoms with Gasteiger partial charge in [-0.05, 0) is 18.2 Å². The number of methoxy groups -OCH3 is 1. The zero-order valence-corrected chi connectivity index (χ0v) is 9.67. The van der Waals surface area contributed by atoms with E-state index >= 15 is 0 Å². The summed E-state index contributed by atoms with van der Waals surface area (Å²) in [6.07, 6.45) is 5.18. The average molecular weight is 243 g/mol. The smallest absolute Gasteiger partial charge is 0.234 e. The van der Waals surface area contributed by atoms with Crippen molar-refractivity contribution in [3.05, 3.63) is 48.7 Å². The molecule has 0 aliphatic carbocycles. The molecular formula is C13H10FN3O. The Morgan fingerprint density at radius 2 is 2.17 bits per heavy atom. The first-order valence-electron chi connectivity index (χ1n) is 5.42. The first-order valence-corrected chi connectivity index (χ1v) is 5.42. The van der Waals surface area contributed by atoms with E-state index in [0.29, 0.717) is 22.8 Å². The summed E-state index contributed by atoms with van der Waals surface area (Å²) < 4.78 is 20.8. The topological polar surface area (TPSA) is 39.4 Å². The predicted molar refractivity (Wildman–Crippen MR) is 64.9 cm³/mol. The molecule has 0 unspecified atom stereocenters. The molecule has 0 saturated heterocycles. The Hall–Kier alpha value is -2.43. The fraction of sp³-hybridized carbons (Fsp3) is 0.0769. The number of hydrogen-bond donors (Lipinski definition) is 0. The highest BCUT2D eigenvalue weighted by Crippen LogP contribution is 2.31. The predicted octanol–water partition coefficient (Wildman–Crippen LogP) is 2.54. The number of nitrogens with zero attached hydrogens (tertiary/aromatic N) is 3. The molecule has 18 heavy (non-hydrogen) atoms. The number of ether oxygens (including phenoxy) is 1. The quantitative estimate of drug-likeness (QED) is 0.694. The van der Waals surface area contributed by atoms with Gasteiger partial charge in [-0.3, -0.25) is 4.40 Å². The summed E-state index contributed by atoms with van der Waals surface area (Å²) in [6.45, 7) is 0. The molecule has 90 valence electrons. The maximum Gasteiger partial charge on any atom is 0.234 e. The van der Waals surface area contributed by atoms with Crippen LogP contribution in [0.2, 0.25) is 0 Å². The van der Waals surface area contributed by atoms with Crippen molar-refractivity contribution in [3.63, 3.8) is 0 Å². The van der Waals surface area contributed by atoms with E-state index in [0.717, 1.165) is 0 Å². The maximum atomic E-state index is 13.9. The van der Waals surface area contributed by atoms with Crippen molar-refractivity contribution < 1.29 is 9.13 Å². The molecule has 0 N–H and O–H groups in total. The minimum Gasteiger partial charge on any atom is -0.496 e. The molecule has 0 amide bonds. The van der Waals surface area contributed by atoms with Gasteiger partial charge in [-0.1, -0.05) is 6.07 Å². The summed E-state index contributed by atoms with van der Waals surface area (Å²) in [5, 5.41) is 0. The van der Waals surface area contributed by atoms with Gasteiger partial charge in [-0.2, -0.15) is 0 Å². The van der Waals surface area contributed by atoms with E-state index in [2.05, 4.69) is 9.97 Å². The zero-order valence-electron chi connectivity index (χ0n) is 9.67. The molecule has 0 aliphatic heterocycles. The zero-order chi connectivity index (χ0) is 12.5. The lowest BCUT2D eigenvalue weighted by atomic mass is 10.1. The van der Waals surface area contributed by atoms with Crippen molar-refractivity contribution in [2.75, 3.05) is 7.11 Å². The average Bonchev–Trinajstić information content (AvgIpc) is 2.81. The molecular weight excluding hydrogens is 233 g/mol. The number of halogens is 1. The van der Waals surface area contributed by atoms with Crippen LogP contribution in [0.4, 0.5) is 4.39 Å². The number of rotatable bonds is 2. The van der Waals surface area contributed by atoms with E-state index in [4.69, 9.17) is 4.74 Å². The highest BCUT2D eigenvalue weighted by Gasteiger charge is 2.14. The van der Waals surface area contributed by atoms with Gasteiger partial charge in [0.25, 0.3) is 0 Å². The standard InChI is InChI=1S/C13H10FN3O/c1-18-11-5-2-4-9(14)12(11)10-8-17-7-3-6-15-13(17)16-10/h2-8H,1H3. The van der Waals surface area contributed by atoms with E-state index in [-0.39, 0.29) is 5.82 Å². The maximum absolute atomic E-state index is 13.9. The van der Waals surface area contributed by atoms with Crippen LogP contribution in [-0.2, 0) is 0 Å². The van der Waals surface area contributed by atoms with E-state index in [1.807, 2.05) is 6.20 Å². The molecule has 1 aromatic carbocycles. The first-order chi connectivity index (χ1) is 8.79. The van der Waals surface area contributed by atoms with Gasteiger partial charge in [0.15, 0.2) is 0 Å². The van der Waals surface area contributed by atoms with Gasteiger partial charge < -0.3 is 4.74 Å². The van der Waals surface area contributed by atoms with Crippen LogP contribution in [0.3, 0.4) is 0 Å². The number of fused-ring (bicyclic) bond motifs is 1. The van der Waals surface area contributed by atoms with Crippen LogP contribution < -0.4 is 4.74 Å². The fourth-order valence-corrected chi connectivity index (χ4v) is 1.87. The van der Waals surface area contributed by atoms with Crippen LogP contribution in [0, 0.1) is 5.82 Å². The molecule has 3 rings (SSSR count). The van der Waals surface area contributed by atoms with Gasteiger partial charge in [-0.15, -0.1) is 0 Å². The molecule has 0 spiro atoms. The molecule has 5 heteroatoms. The van der Waals surface area contributed by atoms with Gasteiger partial charge in [0.05, 0.1) is 18.4 Å². The van der Waals surface area contributed by atoms with E-state index < -0.39 is 0 Å². The lowest BCUT2D eigenvalue weighted by Gasteiger charge is -2.06. The molecule has 0 saturated carbocycles. The minimum atomic E-state index is -0.363. The Kier molecular flexibility index (Phi) is 2.44. The van der Waals surface area contributed by atoms with Crippen molar-refractivity contribution in [1.29, 1.82) is 0 Å². The number of aromatic nitrogens is 3. The number of benzene rings is 1. The molecule has 2 aromatic heterocycles. The van der Waals surface area contributed by atoms with Crippen molar-refractivity contribution in [1.82, 2.24) is 14.4 Å². The third-order valence-electron chi connectivity index (χ3n) is 2.69. The molecule has 3 aromatic rings. The van der Waals surface area contributed by atoms with Crippen LogP contribution in [0.15, 0.2) is 42.9 Å². The van der Waals surface area contributed by atoms with Crippen LogP contribution in [0.25, 0.3) is 17.0 Å². The van der Waals surface area contributed by atoms with E-state index in [9.17, 15) is 4.39 Å². The summed E-state index contributed by atoms with van der Waals surface area (Å²) in [4.78, 5) is 8.39. The highest BCUT2D eigenvalue weighted by molar-refractivity contribution is 5.69. The Morgan fingerprint density at radius 1 is 1.28 bits per heavy atom. The molecule has 0 aliphatic rings. The number of imidazole rings is 1. The Balaban J connectivity index is 2.25. The van der Waals surface area contributed by atoms with Crippen LogP contribution >= 0.6 is 0 Å². The van der Waals surface area contributed by atoms with Crippen LogP contribution in [0.1, 0.15) is 0 Å². The molecule has 0 bridgehead atoms. The third kappa shape index (κ3) is 1.60. The minimum absolute atomic E-state index is 0.352.